The average Bonchev–Trinajstić information content (AvgIpc) is 2.88. The Morgan fingerprint density at radius 1 is 1.32 bits per heavy atom. The molecule has 2 unspecified atom stereocenters. The van der Waals surface area contributed by atoms with Gasteiger partial charge in [0.05, 0.1) is 11.2 Å². The molecule has 0 amide bonds. The van der Waals surface area contributed by atoms with Crippen molar-refractivity contribution in [3.8, 4) is 11.3 Å². The highest BCUT2D eigenvalue weighted by atomic mass is 16.1. The Balaban J connectivity index is 2.24. The molecule has 22 heavy (non-hydrogen) atoms. The van der Waals surface area contributed by atoms with Crippen molar-refractivity contribution in [3.63, 3.8) is 0 Å². The van der Waals surface area contributed by atoms with E-state index in [9.17, 15) is 9.59 Å². The molecule has 0 aliphatic heterocycles. The summed E-state index contributed by atoms with van der Waals surface area (Å²) < 4.78 is 33.0. The Kier molecular flexibility index (Phi) is 1.91. The first-order valence-corrected chi connectivity index (χ1v) is 7.30. The standard InChI is InChI=1S/C19H17NO2/c1-18-11-13(22)12-19(18,8-10-21)16-7-4-9-20-17(16)14-5-2-3-6-15(14)18/h2-7,9-10H,8,11-12H2,1H3/i2D,3D,5D,6D. The largest absolute Gasteiger partial charge is 0.303 e. The fourth-order valence-corrected chi connectivity index (χ4v) is 4.32. The molecule has 0 radical (unpaired) electrons. The van der Waals surface area contributed by atoms with Gasteiger partial charge >= 0.3 is 0 Å². The molecule has 110 valence electrons. The van der Waals surface area contributed by atoms with E-state index in [1.54, 1.807) is 12.3 Å². The van der Waals surface area contributed by atoms with E-state index in [4.69, 9.17) is 5.48 Å². The van der Waals surface area contributed by atoms with Crippen molar-refractivity contribution in [3.05, 3.63) is 53.6 Å². The van der Waals surface area contributed by atoms with E-state index in [0.29, 0.717) is 16.8 Å². The number of rotatable bonds is 2. The second-order valence-corrected chi connectivity index (χ2v) is 6.33. The summed E-state index contributed by atoms with van der Waals surface area (Å²) in [5.74, 6) is -0.00980. The number of benzene rings is 1. The molecule has 2 aliphatic rings. The molecule has 3 heteroatoms. The molecule has 0 bridgehead atoms. The van der Waals surface area contributed by atoms with Gasteiger partial charge in [0.2, 0.25) is 0 Å². The van der Waals surface area contributed by atoms with Crippen LogP contribution >= 0.6 is 0 Å². The van der Waals surface area contributed by atoms with Gasteiger partial charge in [-0.1, -0.05) is 37.2 Å². The number of carbonyl (C=O) groups excluding carboxylic acids is 2. The van der Waals surface area contributed by atoms with Gasteiger partial charge < -0.3 is 4.79 Å². The van der Waals surface area contributed by atoms with E-state index >= 15 is 0 Å². The third-order valence-electron chi connectivity index (χ3n) is 5.34. The van der Waals surface area contributed by atoms with Crippen molar-refractivity contribution in [2.45, 2.75) is 37.0 Å². The van der Waals surface area contributed by atoms with Gasteiger partial charge in [-0.05, 0) is 17.2 Å². The Labute approximate surface area is 135 Å². The molecule has 4 rings (SSSR count). The van der Waals surface area contributed by atoms with Crippen molar-refractivity contribution in [1.82, 2.24) is 4.98 Å². The Morgan fingerprint density at radius 2 is 2.14 bits per heavy atom. The fourth-order valence-electron chi connectivity index (χ4n) is 4.32. The summed E-state index contributed by atoms with van der Waals surface area (Å²) in [6.45, 7) is 1.84. The van der Waals surface area contributed by atoms with Crippen LogP contribution in [-0.4, -0.2) is 17.1 Å². The quantitative estimate of drug-likeness (QED) is 0.799. The molecule has 1 saturated carbocycles. The number of hydrogen-bond acceptors (Lipinski definition) is 3. The summed E-state index contributed by atoms with van der Waals surface area (Å²) in [5, 5.41) is 0. The van der Waals surface area contributed by atoms with Gasteiger partial charge in [-0.25, -0.2) is 0 Å². The van der Waals surface area contributed by atoms with Gasteiger partial charge in [0.15, 0.2) is 0 Å². The highest BCUT2D eigenvalue weighted by Crippen LogP contribution is 2.61. The predicted octanol–water partition coefficient (Wildman–Crippen LogP) is 3.21. The first kappa shape index (κ1) is 9.67. The molecule has 0 saturated heterocycles. The first-order chi connectivity index (χ1) is 12.3. The Bertz CT molecular complexity index is 990. The van der Waals surface area contributed by atoms with Gasteiger partial charge in [0.1, 0.15) is 12.1 Å². The lowest BCUT2D eigenvalue weighted by atomic mass is 9.54. The van der Waals surface area contributed by atoms with Crippen molar-refractivity contribution in [1.29, 1.82) is 0 Å². The van der Waals surface area contributed by atoms with Gasteiger partial charge in [0, 0.05) is 41.9 Å². The lowest BCUT2D eigenvalue weighted by Gasteiger charge is -2.48. The van der Waals surface area contributed by atoms with E-state index < -0.39 is 10.8 Å². The lowest BCUT2D eigenvalue weighted by molar-refractivity contribution is -0.117. The minimum absolute atomic E-state index is 0.00980. The van der Waals surface area contributed by atoms with Crippen molar-refractivity contribution >= 4 is 12.1 Å². The second-order valence-electron chi connectivity index (χ2n) is 6.33. The molecule has 3 nitrogen and oxygen atoms in total. The third-order valence-corrected chi connectivity index (χ3v) is 5.34. The summed E-state index contributed by atoms with van der Waals surface area (Å²) in [6, 6.07) is 2.62. The maximum Gasteiger partial charge on any atom is 0.134 e. The number of hydrogen-bond donors (Lipinski definition) is 0. The minimum Gasteiger partial charge on any atom is -0.303 e. The van der Waals surface area contributed by atoms with E-state index in [-0.39, 0.29) is 49.2 Å². The van der Waals surface area contributed by atoms with Gasteiger partial charge in [-0.3, -0.25) is 9.78 Å². The maximum atomic E-state index is 12.5. The molecule has 2 aliphatic carbocycles. The van der Waals surface area contributed by atoms with Crippen LogP contribution in [0.3, 0.4) is 0 Å². The molecule has 1 aromatic carbocycles. The smallest absolute Gasteiger partial charge is 0.134 e. The monoisotopic (exact) mass is 295 g/mol. The maximum absolute atomic E-state index is 12.5. The number of ketones is 1. The molecular formula is C19H17NO2. The van der Waals surface area contributed by atoms with Crippen molar-refractivity contribution in [2.75, 3.05) is 0 Å². The van der Waals surface area contributed by atoms with Crippen molar-refractivity contribution < 1.29 is 15.1 Å². The van der Waals surface area contributed by atoms with Crippen LogP contribution in [0.4, 0.5) is 0 Å². The van der Waals surface area contributed by atoms with Crippen LogP contribution in [0.2, 0.25) is 0 Å². The minimum atomic E-state index is -0.882. The number of aldehydes is 1. The molecule has 1 fully saturated rings. The SMILES string of the molecule is [2H]c1c([2H])c([2H])c2c(c1[2H])-c1ncccc1C1(CC=O)CC(=O)CC21C. The summed E-state index contributed by atoms with van der Waals surface area (Å²) in [7, 11) is 0. The first-order valence-electron chi connectivity index (χ1n) is 9.30. The predicted molar refractivity (Wildman–Crippen MR) is 83.6 cm³/mol. The molecule has 1 aromatic heterocycles. The van der Waals surface area contributed by atoms with Crippen LogP contribution in [0.25, 0.3) is 11.3 Å². The van der Waals surface area contributed by atoms with Crippen LogP contribution in [0.1, 0.15) is 42.8 Å². The van der Waals surface area contributed by atoms with E-state index in [2.05, 4.69) is 4.98 Å². The Morgan fingerprint density at radius 3 is 2.95 bits per heavy atom. The zero-order valence-corrected chi connectivity index (χ0v) is 12.2. The number of pyridine rings is 1. The average molecular weight is 295 g/mol. The van der Waals surface area contributed by atoms with Gasteiger partial charge in [-0.15, -0.1) is 0 Å². The van der Waals surface area contributed by atoms with Crippen molar-refractivity contribution in [2.24, 2.45) is 0 Å². The summed E-state index contributed by atoms with van der Waals surface area (Å²) in [6.07, 6.45) is 2.78. The highest BCUT2D eigenvalue weighted by molar-refractivity contribution is 5.91. The molecular weight excluding hydrogens is 274 g/mol. The summed E-state index contributed by atoms with van der Waals surface area (Å²) in [5.41, 5.74) is 0.210. The zero-order chi connectivity index (χ0) is 18.9. The second kappa shape index (κ2) is 4.35. The summed E-state index contributed by atoms with van der Waals surface area (Å²) in [4.78, 5) is 28.5. The van der Waals surface area contributed by atoms with Crippen LogP contribution in [-0.2, 0) is 20.4 Å². The van der Waals surface area contributed by atoms with Gasteiger partial charge in [-0.2, -0.15) is 0 Å². The van der Waals surface area contributed by atoms with Crippen LogP contribution in [0, 0.1) is 0 Å². The molecule has 0 spiro atoms. The molecule has 1 heterocycles. The van der Waals surface area contributed by atoms with Crippen LogP contribution in [0.5, 0.6) is 0 Å². The highest BCUT2D eigenvalue weighted by Gasteiger charge is 2.60. The lowest BCUT2D eigenvalue weighted by Crippen LogP contribution is -2.46. The number of aromatic nitrogens is 1. The number of carbonyl (C=O) groups is 2. The van der Waals surface area contributed by atoms with E-state index in [1.807, 2.05) is 13.0 Å². The van der Waals surface area contributed by atoms with E-state index in [0.717, 1.165) is 11.8 Å². The molecule has 2 atom stereocenters. The van der Waals surface area contributed by atoms with E-state index in [1.165, 1.54) is 0 Å². The molecule has 0 N–H and O–H groups in total. The number of nitrogens with zero attached hydrogens (tertiary/aromatic N) is 1. The summed E-state index contributed by atoms with van der Waals surface area (Å²) >= 11 is 0. The number of fused-ring (bicyclic) bond motifs is 6. The molecule has 2 aromatic rings. The van der Waals surface area contributed by atoms with Gasteiger partial charge in [0.25, 0.3) is 0 Å². The third kappa shape index (κ3) is 1.43. The van der Waals surface area contributed by atoms with Crippen LogP contribution < -0.4 is 0 Å². The fraction of sp³-hybridized carbons (Fsp3) is 0.316. The number of Topliss-reactive ketones (excluding diaryl/α,β-unsaturated/α-hetero) is 1. The zero-order valence-electron chi connectivity index (χ0n) is 16.2. The normalized spacial score (nSPS) is 31.2. The van der Waals surface area contributed by atoms with Crippen LogP contribution in [0.15, 0.2) is 42.5 Å². The Hall–Kier alpha value is -2.29. The topological polar surface area (TPSA) is 47.0 Å².